The average molecular weight is 391 g/mol. The van der Waals surface area contributed by atoms with E-state index in [0.717, 1.165) is 25.2 Å². The van der Waals surface area contributed by atoms with Crippen LogP contribution in [-0.2, 0) is 11.3 Å². The van der Waals surface area contributed by atoms with Gasteiger partial charge in [-0.15, -0.1) is 0 Å². The molecular weight excluding hydrogens is 368 g/mol. The lowest BCUT2D eigenvalue weighted by Crippen LogP contribution is -2.47. The van der Waals surface area contributed by atoms with Crippen molar-refractivity contribution in [2.75, 3.05) is 39.1 Å². The highest BCUT2D eigenvalue weighted by Gasteiger charge is 2.22. The molecule has 0 aliphatic carbocycles. The number of pyridine rings is 1. The van der Waals surface area contributed by atoms with E-state index in [0.29, 0.717) is 35.2 Å². The van der Waals surface area contributed by atoms with Crippen molar-refractivity contribution in [2.45, 2.75) is 12.6 Å². The summed E-state index contributed by atoms with van der Waals surface area (Å²) < 4.78 is 11.0. The van der Waals surface area contributed by atoms with Crippen LogP contribution in [0.15, 0.2) is 36.7 Å². The van der Waals surface area contributed by atoms with Crippen molar-refractivity contribution in [2.24, 2.45) is 0 Å². The molecule has 144 valence electrons. The Morgan fingerprint density at radius 3 is 3.11 bits per heavy atom. The van der Waals surface area contributed by atoms with Gasteiger partial charge in [0.05, 0.1) is 36.1 Å². The van der Waals surface area contributed by atoms with Gasteiger partial charge in [-0.2, -0.15) is 0 Å². The first-order valence-electron chi connectivity index (χ1n) is 8.71. The second-order valence-electron chi connectivity index (χ2n) is 6.37. The number of halogens is 1. The van der Waals surface area contributed by atoms with Gasteiger partial charge in [0.2, 0.25) is 0 Å². The summed E-state index contributed by atoms with van der Waals surface area (Å²) >= 11 is 6.03. The maximum absolute atomic E-state index is 12.5. The first-order chi connectivity index (χ1) is 13.1. The number of hydrogen-bond acceptors (Lipinski definition) is 6. The van der Waals surface area contributed by atoms with E-state index in [2.05, 4.69) is 21.3 Å². The highest BCUT2D eigenvalue weighted by molar-refractivity contribution is 6.33. The van der Waals surface area contributed by atoms with Crippen LogP contribution in [0, 0.1) is 0 Å². The van der Waals surface area contributed by atoms with Gasteiger partial charge >= 0.3 is 0 Å². The van der Waals surface area contributed by atoms with E-state index < -0.39 is 0 Å². The molecule has 3 rings (SSSR count). The maximum Gasteiger partial charge on any atom is 0.255 e. The Morgan fingerprint density at radius 2 is 2.37 bits per heavy atom. The van der Waals surface area contributed by atoms with Crippen molar-refractivity contribution >= 4 is 23.2 Å². The summed E-state index contributed by atoms with van der Waals surface area (Å²) in [6.45, 7) is 3.41. The van der Waals surface area contributed by atoms with Gasteiger partial charge in [0.1, 0.15) is 5.75 Å². The van der Waals surface area contributed by atoms with Crippen molar-refractivity contribution in [1.82, 2.24) is 15.2 Å². The van der Waals surface area contributed by atoms with Crippen LogP contribution in [0.25, 0.3) is 0 Å². The monoisotopic (exact) mass is 390 g/mol. The van der Waals surface area contributed by atoms with E-state index in [1.165, 1.54) is 13.2 Å². The molecule has 2 aromatic rings. The zero-order chi connectivity index (χ0) is 19.2. The molecular formula is C19H23ClN4O3. The molecule has 0 radical (unpaired) electrons. The molecule has 1 aromatic carbocycles. The molecule has 7 nitrogen and oxygen atoms in total. The molecule has 1 amide bonds. The summed E-state index contributed by atoms with van der Waals surface area (Å²) in [5.41, 5.74) is 7.63. The molecule has 1 aliphatic rings. The second-order valence-corrected chi connectivity index (χ2v) is 6.78. The van der Waals surface area contributed by atoms with E-state index in [1.54, 1.807) is 12.3 Å². The Bertz CT molecular complexity index is 788. The molecule has 1 aromatic heterocycles. The molecule has 1 aliphatic heterocycles. The lowest BCUT2D eigenvalue weighted by atomic mass is 10.1. The van der Waals surface area contributed by atoms with E-state index in [1.807, 2.05) is 12.3 Å². The fourth-order valence-electron chi connectivity index (χ4n) is 3.01. The molecule has 3 N–H and O–H groups in total. The number of benzene rings is 1. The van der Waals surface area contributed by atoms with Crippen molar-refractivity contribution in [3.05, 3.63) is 52.8 Å². The van der Waals surface area contributed by atoms with Gasteiger partial charge < -0.3 is 20.5 Å². The average Bonchev–Trinajstić information content (AvgIpc) is 2.69. The Hall–Kier alpha value is -2.35. The van der Waals surface area contributed by atoms with Gasteiger partial charge in [0, 0.05) is 44.6 Å². The number of hydrogen-bond donors (Lipinski definition) is 2. The third-order valence-electron chi connectivity index (χ3n) is 4.41. The third-order valence-corrected chi connectivity index (χ3v) is 4.73. The van der Waals surface area contributed by atoms with Crippen LogP contribution in [0.1, 0.15) is 15.9 Å². The number of nitrogens with two attached hydrogens (primary N) is 1. The molecule has 2 heterocycles. The zero-order valence-electron chi connectivity index (χ0n) is 15.2. The van der Waals surface area contributed by atoms with Crippen LogP contribution in [0.4, 0.5) is 5.69 Å². The minimum Gasteiger partial charge on any atom is -0.496 e. The van der Waals surface area contributed by atoms with Gasteiger partial charge in [-0.1, -0.05) is 17.7 Å². The number of nitrogens with zero attached hydrogens (tertiary/aromatic N) is 2. The van der Waals surface area contributed by atoms with Crippen molar-refractivity contribution in [3.63, 3.8) is 0 Å². The number of ether oxygens (including phenoxy) is 2. The molecule has 1 unspecified atom stereocenters. The predicted octanol–water partition coefficient (Wildman–Crippen LogP) is 1.96. The molecule has 8 heteroatoms. The Balaban J connectivity index is 1.56. The molecule has 27 heavy (non-hydrogen) atoms. The van der Waals surface area contributed by atoms with Crippen LogP contribution >= 0.6 is 11.6 Å². The van der Waals surface area contributed by atoms with Crippen molar-refractivity contribution in [3.8, 4) is 5.75 Å². The quantitative estimate of drug-likeness (QED) is 0.733. The summed E-state index contributed by atoms with van der Waals surface area (Å²) in [4.78, 5) is 19.0. The highest BCUT2D eigenvalue weighted by Crippen LogP contribution is 2.28. The van der Waals surface area contributed by atoms with Crippen LogP contribution < -0.4 is 15.8 Å². The minimum absolute atomic E-state index is 0.0883. The smallest absolute Gasteiger partial charge is 0.255 e. The Labute approximate surface area is 163 Å². The number of carbonyl (C=O) groups is 1. The normalized spacial score (nSPS) is 17.5. The number of amides is 1. The predicted molar refractivity (Wildman–Crippen MR) is 104 cm³/mol. The fourth-order valence-corrected chi connectivity index (χ4v) is 3.18. The van der Waals surface area contributed by atoms with E-state index in [9.17, 15) is 4.79 Å². The molecule has 1 atom stereocenters. The molecule has 0 saturated carbocycles. The summed E-state index contributed by atoms with van der Waals surface area (Å²) in [5.74, 6) is 0.110. The summed E-state index contributed by atoms with van der Waals surface area (Å²) in [7, 11) is 1.49. The number of aromatic nitrogens is 1. The van der Waals surface area contributed by atoms with Gasteiger partial charge in [-0.05, 0) is 17.7 Å². The number of methoxy groups -OCH3 is 1. The van der Waals surface area contributed by atoms with Crippen LogP contribution in [0.2, 0.25) is 5.02 Å². The molecule has 1 fully saturated rings. The van der Waals surface area contributed by atoms with Crippen molar-refractivity contribution in [1.29, 1.82) is 0 Å². The zero-order valence-corrected chi connectivity index (χ0v) is 15.9. The van der Waals surface area contributed by atoms with E-state index in [4.69, 9.17) is 26.8 Å². The van der Waals surface area contributed by atoms with E-state index in [-0.39, 0.29) is 12.0 Å². The largest absolute Gasteiger partial charge is 0.496 e. The number of rotatable bonds is 6. The summed E-state index contributed by atoms with van der Waals surface area (Å²) in [6.07, 6.45) is 3.54. The molecule has 0 bridgehead atoms. The topological polar surface area (TPSA) is 89.7 Å². The number of carbonyl (C=O) groups excluding carboxylic acids is 1. The maximum atomic E-state index is 12.5. The van der Waals surface area contributed by atoms with Crippen LogP contribution in [0.5, 0.6) is 5.75 Å². The number of morpholine rings is 1. The summed E-state index contributed by atoms with van der Waals surface area (Å²) in [5, 5.41) is 3.21. The SMILES string of the molecule is COc1cc(N)c(Cl)cc1C(=O)NCC1CN(Cc2cccnc2)CCO1. The van der Waals surface area contributed by atoms with Gasteiger partial charge in [-0.3, -0.25) is 14.7 Å². The lowest BCUT2D eigenvalue weighted by molar-refractivity contribution is -0.0293. The summed E-state index contributed by atoms with van der Waals surface area (Å²) in [6, 6.07) is 7.04. The van der Waals surface area contributed by atoms with Gasteiger partial charge in [-0.25, -0.2) is 0 Å². The second kappa shape index (κ2) is 9.03. The Kier molecular flexibility index (Phi) is 6.49. The lowest BCUT2D eigenvalue weighted by Gasteiger charge is -2.33. The fraction of sp³-hybridized carbons (Fsp3) is 0.368. The first kappa shape index (κ1) is 19.4. The van der Waals surface area contributed by atoms with Gasteiger partial charge in [0.25, 0.3) is 5.91 Å². The van der Waals surface area contributed by atoms with Crippen LogP contribution in [-0.4, -0.2) is 55.2 Å². The first-order valence-corrected chi connectivity index (χ1v) is 9.08. The minimum atomic E-state index is -0.276. The standard InChI is InChI=1S/C19H23ClN4O3/c1-26-18-8-17(21)16(20)7-15(18)19(25)23-10-14-12-24(5-6-27-14)11-13-3-2-4-22-9-13/h2-4,7-9,14H,5-6,10-12,21H2,1H3,(H,23,25). The third kappa shape index (κ3) is 5.09. The van der Waals surface area contributed by atoms with E-state index >= 15 is 0 Å². The number of nitrogens with one attached hydrogen (secondary N) is 1. The number of anilines is 1. The highest BCUT2D eigenvalue weighted by atomic mass is 35.5. The number of nitrogen functional groups attached to an aromatic ring is 1. The van der Waals surface area contributed by atoms with Crippen molar-refractivity contribution < 1.29 is 14.3 Å². The Morgan fingerprint density at radius 1 is 1.52 bits per heavy atom. The van der Waals surface area contributed by atoms with Gasteiger partial charge in [0.15, 0.2) is 0 Å². The van der Waals surface area contributed by atoms with Crippen LogP contribution in [0.3, 0.4) is 0 Å². The molecule has 0 spiro atoms. The molecule has 1 saturated heterocycles.